The van der Waals surface area contributed by atoms with Crippen molar-refractivity contribution in [3.63, 3.8) is 0 Å². The molecule has 0 amide bonds. The number of aromatic nitrogens is 2. The molecule has 0 saturated carbocycles. The van der Waals surface area contributed by atoms with E-state index in [1.807, 2.05) is 13.8 Å². The third-order valence-corrected chi connectivity index (χ3v) is 5.00. The lowest BCUT2D eigenvalue weighted by atomic mass is 10.0. The maximum Gasteiger partial charge on any atom is 0.223 e. The molecule has 5 nitrogen and oxygen atoms in total. The molecule has 2 rings (SSSR count). The van der Waals surface area contributed by atoms with E-state index in [0.717, 1.165) is 53.2 Å². The van der Waals surface area contributed by atoms with Gasteiger partial charge >= 0.3 is 0 Å². The van der Waals surface area contributed by atoms with Crippen molar-refractivity contribution in [1.29, 1.82) is 0 Å². The van der Waals surface area contributed by atoms with Crippen LogP contribution >= 0.6 is 0 Å². The van der Waals surface area contributed by atoms with Crippen molar-refractivity contribution in [2.45, 2.75) is 92.4 Å². The largest absolute Gasteiger partial charge is 0.488 e. The minimum absolute atomic E-state index is 0.0280. The zero-order valence-electron chi connectivity index (χ0n) is 19.1. The number of hydrogen-bond acceptors (Lipinski definition) is 5. The van der Waals surface area contributed by atoms with E-state index in [9.17, 15) is 0 Å². The summed E-state index contributed by atoms with van der Waals surface area (Å²) < 4.78 is 12.3. The first-order valence-electron chi connectivity index (χ1n) is 10.9. The number of rotatable bonds is 10. The Morgan fingerprint density at radius 3 is 2.17 bits per heavy atom. The molecule has 0 atom stereocenters. The van der Waals surface area contributed by atoms with E-state index >= 15 is 0 Å². The second-order valence-electron chi connectivity index (χ2n) is 7.97. The molecule has 0 aliphatic carbocycles. The molecule has 2 N–H and O–H groups in total. The average Bonchev–Trinajstić information content (AvgIpc) is 2.70. The van der Waals surface area contributed by atoms with Gasteiger partial charge in [0, 0.05) is 12.2 Å². The van der Waals surface area contributed by atoms with Gasteiger partial charge in [-0.25, -0.2) is 9.97 Å². The summed E-state index contributed by atoms with van der Waals surface area (Å²) >= 11 is 0. The lowest BCUT2D eigenvalue weighted by molar-refractivity contribution is 0.190. The molecule has 0 spiro atoms. The van der Waals surface area contributed by atoms with Crippen LogP contribution in [0.1, 0.15) is 84.2 Å². The standard InChI is InChI=1S/C24H37N3O2/c1-8-17-13-22(29-18(9-2)10-3)21(14-25)26-23(17)19-11-12-20(15(4)5)27-24(19)28-16(6)7/h11-13,15-16,18H,8-10,14,25H2,1-7H3. The highest BCUT2D eigenvalue weighted by molar-refractivity contribution is 5.69. The van der Waals surface area contributed by atoms with E-state index in [1.54, 1.807) is 0 Å². The van der Waals surface area contributed by atoms with Crippen LogP contribution in [0.5, 0.6) is 11.6 Å². The summed E-state index contributed by atoms with van der Waals surface area (Å²) in [4.78, 5) is 9.72. The van der Waals surface area contributed by atoms with Crippen molar-refractivity contribution in [2.75, 3.05) is 0 Å². The maximum absolute atomic E-state index is 6.22. The third kappa shape index (κ3) is 5.69. The average molecular weight is 400 g/mol. The summed E-state index contributed by atoms with van der Waals surface area (Å²) in [5.41, 5.74) is 10.7. The van der Waals surface area contributed by atoms with Crippen molar-refractivity contribution in [3.05, 3.63) is 35.2 Å². The molecular formula is C24H37N3O2. The molecule has 2 aromatic heterocycles. The molecular weight excluding hydrogens is 362 g/mol. The Kier molecular flexibility index (Phi) is 8.45. The predicted molar refractivity (Wildman–Crippen MR) is 120 cm³/mol. The molecule has 29 heavy (non-hydrogen) atoms. The van der Waals surface area contributed by atoms with Crippen molar-refractivity contribution < 1.29 is 9.47 Å². The van der Waals surface area contributed by atoms with Gasteiger partial charge in [-0.1, -0.05) is 34.6 Å². The van der Waals surface area contributed by atoms with Gasteiger partial charge < -0.3 is 15.2 Å². The van der Waals surface area contributed by atoms with E-state index in [0.29, 0.717) is 18.3 Å². The number of nitrogens with two attached hydrogens (primary N) is 1. The number of nitrogens with zero attached hydrogens (tertiary/aromatic N) is 2. The van der Waals surface area contributed by atoms with Crippen LogP contribution in [0.2, 0.25) is 0 Å². The summed E-state index contributed by atoms with van der Waals surface area (Å²) in [6.45, 7) is 15.0. The molecule has 0 bridgehead atoms. The first-order valence-corrected chi connectivity index (χ1v) is 10.9. The molecule has 0 fully saturated rings. The van der Waals surface area contributed by atoms with E-state index in [1.165, 1.54) is 0 Å². The van der Waals surface area contributed by atoms with Gasteiger partial charge in [-0.2, -0.15) is 0 Å². The van der Waals surface area contributed by atoms with Crippen LogP contribution in [0.3, 0.4) is 0 Å². The number of ether oxygens (including phenoxy) is 2. The molecule has 0 aliphatic heterocycles. The Hall–Kier alpha value is -2.14. The monoisotopic (exact) mass is 399 g/mol. The van der Waals surface area contributed by atoms with Crippen LogP contribution in [-0.4, -0.2) is 22.2 Å². The highest BCUT2D eigenvalue weighted by atomic mass is 16.5. The number of hydrogen-bond donors (Lipinski definition) is 1. The zero-order valence-corrected chi connectivity index (χ0v) is 19.1. The van der Waals surface area contributed by atoms with Crippen molar-refractivity contribution in [2.24, 2.45) is 5.73 Å². The van der Waals surface area contributed by atoms with Crippen LogP contribution in [0.4, 0.5) is 0 Å². The third-order valence-electron chi connectivity index (χ3n) is 5.00. The number of aryl methyl sites for hydroxylation is 1. The molecule has 2 heterocycles. The highest BCUT2D eigenvalue weighted by Gasteiger charge is 2.20. The fourth-order valence-electron chi connectivity index (χ4n) is 3.23. The summed E-state index contributed by atoms with van der Waals surface area (Å²) in [7, 11) is 0. The molecule has 2 aromatic rings. The first kappa shape index (κ1) is 23.1. The van der Waals surface area contributed by atoms with Gasteiger partial charge in [-0.15, -0.1) is 0 Å². The Labute approximate surface area is 176 Å². The highest BCUT2D eigenvalue weighted by Crippen LogP contribution is 2.35. The van der Waals surface area contributed by atoms with E-state index in [2.05, 4.69) is 52.8 Å². The molecule has 160 valence electrons. The molecule has 0 unspecified atom stereocenters. The molecule has 0 radical (unpaired) electrons. The van der Waals surface area contributed by atoms with Crippen LogP contribution in [0, 0.1) is 0 Å². The topological polar surface area (TPSA) is 70.3 Å². The summed E-state index contributed by atoms with van der Waals surface area (Å²) in [6, 6.07) is 6.23. The lowest BCUT2D eigenvalue weighted by Gasteiger charge is -2.21. The first-order chi connectivity index (χ1) is 13.8. The lowest BCUT2D eigenvalue weighted by Crippen LogP contribution is -2.17. The van der Waals surface area contributed by atoms with Crippen molar-refractivity contribution in [1.82, 2.24) is 9.97 Å². The SMILES string of the molecule is CCc1cc(OC(CC)CC)c(CN)nc1-c1ccc(C(C)C)nc1OC(C)C. The normalized spacial score (nSPS) is 11.6. The van der Waals surface area contributed by atoms with Crippen LogP contribution in [0.15, 0.2) is 18.2 Å². The fourth-order valence-corrected chi connectivity index (χ4v) is 3.23. The van der Waals surface area contributed by atoms with E-state index < -0.39 is 0 Å². The minimum atomic E-state index is 0.0280. The Morgan fingerprint density at radius 1 is 0.966 bits per heavy atom. The predicted octanol–water partition coefficient (Wildman–Crippen LogP) is 5.64. The molecule has 0 aliphatic rings. The van der Waals surface area contributed by atoms with Gasteiger partial charge in [0.25, 0.3) is 0 Å². The summed E-state index contributed by atoms with van der Waals surface area (Å²) in [5, 5.41) is 0. The van der Waals surface area contributed by atoms with Crippen LogP contribution in [-0.2, 0) is 13.0 Å². The second kappa shape index (κ2) is 10.6. The van der Waals surface area contributed by atoms with Gasteiger partial charge in [0.1, 0.15) is 5.75 Å². The second-order valence-corrected chi connectivity index (χ2v) is 7.97. The Balaban J connectivity index is 2.61. The maximum atomic E-state index is 6.22. The molecule has 0 aromatic carbocycles. The van der Waals surface area contributed by atoms with Crippen LogP contribution < -0.4 is 15.2 Å². The van der Waals surface area contributed by atoms with Gasteiger partial charge in [0.15, 0.2) is 0 Å². The van der Waals surface area contributed by atoms with Gasteiger partial charge in [-0.3, -0.25) is 0 Å². The molecule has 0 saturated heterocycles. The van der Waals surface area contributed by atoms with Gasteiger partial charge in [0.2, 0.25) is 5.88 Å². The summed E-state index contributed by atoms with van der Waals surface area (Å²) in [6.07, 6.45) is 2.94. The van der Waals surface area contributed by atoms with E-state index in [-0.39, 0.29) is 12.2 Å². The van der Waals surface area contributed by atoms with Crippen molar-refractivity contribution in [3.8, 4) is 22.9 Å². The Bertz CT molecular complexity index is 799. The number of pyridine rings is 2. The minimum Gasteiger partial charge on any atom is -0.488 e. The Morgan fingerprint density at radius 2 is 1.66 bits per heavy atom. The molecule has 5 heteroatoms. The van der Waals surface area contributed by atoms with Crippen LogP contribution in [0.25, 0.3) is 11.3 Å². The van der Waals surface area contributed by atoms with Gasteiger partial charge in [-0.05, 0) is 62.8 Å². The zero-order chi connectivity index (χ0) is 21.6. The van der Waals surface area contributed by atoms with Crippen molar-refractivity contribution >= 4 is 0 Å². The fraction of sp³-hybridized carbons (Fsp3) is 0.583. The van der Waals surface area contributed by atoms with E-state index in [4.69, 9.17) is 25.2 Å². The smallest absolute Gasteiger partial charge is 0.223 e. The van der Waals surface area contributed by atoms with Gasteiger partial charge in [0.05, 0.1) is 29.2 Å². The quantitative estimate of drug-likeness (QED) is 0.559. The summed E-state index contributed by atoms with van der Waals surface area (Å²) in [5.74, 6) is 1.75.